The van der Waals surface area contributed by atoms with E-state index >= 15 is 0 Å². The molecule has 38 heavy (non-hydrogen) atoms. The van der Waals surface area contributed by atoms with E-state index in [4.69, 9.17) is 14.6 Å². The highest BCUT2D eigenvalue weighted by Crippen LogP contribution is 2.59. The van der Waals surface area contributed by atoms with E-state index in [1.807, 2.05) is 125 Å². The Balaban J connectivity index is 1.38. The van der Waals surface area contributed by atoms with Crippen LogP contribution in [0.25, 0.3) is 6.08 Å². The minimum absolute atomic E-state index is 0.0863. The summed E-state index contributed by atoms with van der Waals surface area (Å²) in [5.41, 5.74) is 3.58. The molecule has 1 amide bonds. The van der Waals surface area contributed by atoms with Gasteiger partial charge in [-0.05, 0) is 59.8 Å². The van der Waals surface area contributed by atoms with Crippen LogP contribution in [0.5, 0.6) is 11.5 Å². The number of nitrogens with zero attached hydrogens (tertiary/aromatic N) is 3. The van der Waals surface area contributed by atoms with Gasteiger partial charge in [-0.3, -0.25) is 9.69 Å². The van der Waals surface area contributed by atoms with Crippen molar-refractivity contribution in [3.05, 3.63) is 125 Å². The molecule has 1 spiro atoms. The fourth-order valence-electron chi connectivity index (χ4n) is 4.61. The van der Waals surface area contributed by atoms with E-state index < -0.39 is 4.33 Å². The van der Waals surface area contributed by atoms with Gasteiger partial charge >= 0.3 is 0 Å². The van der Waals surface area contributed by atoms with Crippen LogP contribution >= 0.6 is 23.5 Å². The lowest BCUT2D eigenvalue weighted by atomic mass is 10.2. The molecule has 1 fully saturated rings. The Labute approximate surface area is 228 Å². The van der Waals surface area contributed by atoms with Crippen LogP contribution in [0.4, 0.5) is 11.4 Å². The van der Waals surface area contributed by atoms with Crippen molar-refractivity contribution in [2.75, 3.05) is 16.7 Å². The van der Waals surface area contributed by atoms with Crippen molar-refractivity contribution in [1.29, 1.82) is 0 Å². The van der Waals surface area contributed by atoms with Crippen LogP contribution < -0.4 is 19.4 Å². The first kappa shape index (κ1) is 23.0. The molecule has 0 saturated carbocycles. The molecule has 6 nitrogen and oxygen atoms in total. The molecule has 7 rings (SSSR count). The van der Waals surface area contributed by atoms with Crippen molar-refractivity contribution >= 4 is 51.9 Å². The van der Waals surface area contributed by atoms with Gasteiger partial charge in [-0.2, -0.15) is 5.10 Å². The maximum Gasteiger partial charge on any atom is 0.268 e. The molecule has 0 aromatic heterocycles. The smallest absolute Gasteiger partial charge is 0.268 e. The molecule has 0 N–H and O–H groups in total. The zero-order valence-corrected chi connectivity index (χ0v) is 21.7. The van der Waals surface area contributed by atoms with E-state index in [-0.39, 0.29) is 12.7 Å². The molecule has 3 aliphatic rings. The quantitative estimate of drug-likeness (QED) is 0.269. The maximum absolute atomic E-state index is 14.2. The Morgan fingerprint density at radius 1 is 0.763 bits per heavy atom. The second-order valence-electron chi connectivity index (χ2n) is 8.77. The Morgan fingerprint density at radius 3 is 2.16 bits per heavy atom. The van der Waals surface area contributed by atoms with Gasteiger partial charge < -0.3 is 9.47 Å². The van der Waals surface area contributed by atoms with E-state index in [0.717, 1.165) is 27.5 Å². The predicted octanol–water partition coefficient (Wildman–Crippen LogP) is 6.76. The third-order valence-electron chi connectivity index (χ3n) is 6.36. The van der Waals surface area contributed by atoms with Crippen LogP contribution in [-0.2, 0) is 4.79 Å². The first-order valence-electron chi connectivity index (χ1n) is 12.1. The number of benzene rings is 4. The first-order chi connectivity index (χ1) is 18.7. The summed E-state index contributed by atoms with van der Waals surface area (Å²) in [6.45, 7) is 0.205. The summed E-state index contributed by atoms with van der Waals surface area (Å²) < 4.78 is 10.1. The molecule has 0 unspecified atom stereocenters. The number of carbonyl (C=O) groups excluding carboxylic acids is 1. The number of para-hydroxylation sites is 2. The number of carbonyl (C=O) groups is 1. The van der Waals surface area contributed by atoms with Crippen molar-refractivity contribution in [3.63, 3.8) is 0 Å². The number of anilines is 2. The average molecular weight is 536 g/mol. The number of hydrogen-bond acceptors (Lipinski definition) is 7. The maximum atomic E-state index is 14.2. The minimum Gasteiger partial charge on any atom is -0.454 e. The molecule has 4 aromatic rings. The summed E-state index contributed by atoms with van der Waals surface area (Å²) in [7, 11) is 0. The largest absolute Gasteiger partial charge is 0.454 e. The van der Waals surface area contributed by atoms with Crippen molar-refractivity contribution < 1.29 is 14.3 Å². The molecule has 3 heterocycles. The highest BCUT2D eigenvalue weighted by Gasteiger charge is 2.59. The fourth-order valence-corrected chi connectivity index (χ4v) is 7.60. The van der Waals surface area contributed by atoms with Crippen molar-refractivity contribution in [2.45, 2.75) is 4.33 Å². The number of amides is 1. The SMILES string of the molecule is O=C1/C(=C\c2ccc3c(c2)OCO3)S[C@@]2(SC(c3ccccc3)=NN2c2ccccc2)N1c1ccccc1. The summed E-state index contributed by atoms with van der Waals surface area (Å²) >= 11 is 3.08. The van der Waals surface area contributed by atoms with E-state index in [9.17, 15) is 4.79 Å². The normalized spacial score (nSPS) is 21.0. The van der Waals surface area contributed by atoms with E-state index in [1.165, 1.54) is 11.8 Å². The fraction of sp³-hybridized carbons (Fsp3) is 0.0667. The van der Waals surface area contributed by atoms with Gasteiger partial charge in [-0.15, -0.1) is 0 Å². The molecule has 4 aromatic carbocycles. The van der Waals surface area contributed by atoms with Gasteiger partial charge in [0.2, 0.25) is 11.1 Å². The highest BCUT2D eigenvalue weighted by molar-refractivity contribution is 8.28. The molecular formula is C30H21N3O3S2. The molecule has 0 bridgehead atoms. The van der Waals surface area contributed by atoms with Gasteiger partial charge in [0.15, 0.2) is 11.5 Å². The van der Waals surface area contributed by atoms with Gasteiger partial charge in [0.25, 0.3) is 5.91 Å². The van der Waals surface area contributed by atoms with Gasteiger partial charge in [0.1, 0.15) is 5.04 Å². The van der Waals surface area contributed by atoms with Crippen LogP contribution in [-0.4, -0.2) is 22.1 Å². The van der Waals surface area contributed by atoms with Crippen molar-refractivity contribution in [1.82, 2.24) is 0 Å². The zero-order chi connectivity index (χ0) is 25.5. The Bertz CT molecular complexity index is 1580. The second-order valence-corrected chi connectivity index (χ2v) is 11.4. The predicted molar refractivity (Wildman–Crippen MR) is 154 cm³/mol. The molecule has 1 saturated heterocycles. The summed E-state index contributed by atoms with van der Waals surface area (Å²) in [5.74, 6) is 1.31. The number of hydrazone groups is 1. The molecule has 0 aliphatic carbocycles. The monoisotopic (exact) mass is 535 g/mol. The van der Waals surface area contributed by atoms with E-state index in [0.29, 0.717) is 16.4 Å². The summed E-state index contributed by atoms with van der Waals surface area (Å²) in [4.78, 5) is 16.7. The van der Waals surface area contributed by atoms with Gasteiger partial charge in [-0.25, -0.2) is 5.01 Å². The lowest BCUT2D eigenvalue weighted by Crippen LogP contribution is -2.51. The Kier molecular flexibility index (Phi) is 5.64. The minimum atomic E-state index is -0.896. The molecular weight excluding hydrogens is 514 g/mol. The van der Waals surface area contributed by atoms with Crippen LogP contribution in [0.2, 0.25) is 0 Å². The lowest BCUT2D eigenvalue weighted by molar-refractivity contribution is -0.114. The van der Waals surface area contributed by atoms with Crippen molar-refractivity contribution in [2.24, 2.45) is 5.10 Å². The topological polar surface area (TPSA) is 54.4 Å². The molecule has 8 heteroatoms. The van der Waals surface area contributed by atoms with Crippen LogP contribution in [0.15, 0.2) is 119 Å². The lowest BCUT2D eigenvalue weighted by Gasteiger charge is -2.38. The first-order valence-corrected chi connectivity index (χ1v) is 13.7. The van der Waals surface area contributed by atoms with Crippen LogP contribution in [0.1, 0.15) is 11.1 Å². The highest BCUT2D eigenvalue weighted by atomic mass is 32.2. The molecule has 3 aliphatic heterocycles. The number of fused-ring (bicyclic) bond motifs is 1. The average Bonchev–Trinajstić information content (AvgIpc) is 3.66. The standard InChI is InChI=1S/C30H21N3O3S2/c34-29-27(19-21-16-17-25-26(18-21)36-20-35-25)37-30(32(29)23-12-6-2-7-13-23)33(24-14-8-3-9-15-24)31-28(38-30)22-10-4-1-5-11-22/h1-19H,20H2/b27-19+/t30-/m1/s1. The van der Waals surface area contributed by atoms with Crippen LogP contribution in [0, 0.1) is 0 Å². The molecule has 186 valence electrons. The van der Waals surface area contributed by atoms with Gasteiger partial charge in [0.05, 0.1) is 10.6 Å². The summed E-state index contributed by atoms with van der Waals surface area (Å²) in [6.07, 6.45) is 1.92. The molecule has 0 radical (unpaired) electrons. The van der Waals surface area contributed by atoms with E-state index in [1.54, 1.807) is 11.8 Å². The Morgan fingerprint density at radius 2 is 1.42 bits per heavy atom. The summed E-state index contributed by atoms with van der Waals surface area (Å²) in [5, 5.41) is 7.91. The Hall–Kier alpha value is -4.14. The van der Waals surface area contributed by atoms with Gasteiger partial charge in [0, 0.05) is 11.3 Å². The van der Waals surface area contributed by atoms with Crippen molar-refractivity contribution in [3.8, 4) is 11.5 Å². The van der Waals surface area contributed by atoms with E-state index in [2.05, 4.69) is 0 Å². The number of thioether (sulfide) groups is 2. The third kappa shape index (κ3) is 3.84. The number of ether oxygens (including phenoxy) is 2. The van der Waals surface area contributed by atoms with Gasteiger partial charge in [-0.1, -0.05) is 84.6 Å². The second kappa shape index (κ2) is 9.31. The zero-order valence-electron chi connectivity index (χ0n) is 20.1. The molecule has 1 atom stereocenters. The number of rotatable bonds is 4. The van der Waals surface area contributed by atoms with Crippen LogP contribution in [0.3, 0.4) is 0 Å². The number of hydrogen-bond donors (Lipinski definition) is 0. The summed E-state index contributed by atoms with van der Waals surface area (Å²) in [6, 6.07) is 35.6. The third-order valence-corrected chi connectivity index (χ3v) is 9.12.